The van der Waals surface area contributed by atoms with Crippen LogP contribution in [0.3, 0.4) is 0 Å². The Hall–Kier alpha value is -1.06. The predicted molar refractivity (Wildman–Crippen MR) is 79.7 cm³/mol. The van der Waals surface area contributed by atoms with Gasteiger partial charge in [-0.25, -0.2) is 0 Å². The van der Waals surface area contributed by atoms with Gasteiger partial charge in [0.15, 0.2) is 0 Å². The van der Waals surface area contributed by atoms with Gasteiger partial charge in [-0.05, 0) is 36.4 Å². The van der Waals surface area contributed by atoms with Crippen molar-refractivity contribution >= 4 is 21.4 Å². The van der Waals surface area contributed by atoms with Crippen molar-refractivity contribution in [1.82, 2.24) is 5.32 Å². The van der Waals surface area contributed by atoms with Crippen molar-refractivity contribution in [3.63, 3.8) is 0 Å². The first-order valence-electron chi connectivity index (χ1n) is 6.39. The number of benzene rings is 1. The van der Waals surface area contributed by atoms with Crippen LogP contribution in [0, 0.1) is 12.8 Å². The first kappa shape index (κ1) is 13.4. The number of rotatable bonds is 5. The topological polar surface area (TPSA) is 21.3 Å². The van der Waals surface area contributed by atoms with Crippen LogP contribution in [-0.4, -0.2) is 13.7 Å². The summed E-state index contributed by atoms with van der Waals surface area (Å²) in [7, 11) is 1.74. The first-order chi connectivity index (χ1) is 8.63. The first-order valence-corrected chi connectivity index (χ1v) is 7.20. The van der Waals surface area contributed by atoms with Gasteiger partial charge in [0, 0.05) is 11.4 Å². The van der Waals surface area contributed by atoms with Crippen LogP contribution in [0.15, 0.2) is 18.2 Å². The highest BCUT2D eigenvalue weighted by atomic mass is 32.1. The van der Waals surface area contributed by atoms with E-state index in [0.717, 1.165) is 18.8 Å². The van der Waals surface area contributed by atoms with Crippen molar-refractivity contribution in [3.05, 3.63) is 28.6 Å². The average molecular weight is 263 g/mol. The molecule has 18 heavy (non-hydrogen) atoms. The second-order valence-corrected chi connectivity index (χ2v) is 6.12. The molecule has 0 bridgehead atoms. The molecule has 1 N–H and O–H groups in total. The highest BCUT2D eigenvalue weighted by Gasteiger charge is 2.11. The molecule has 1 aromatic carbocycles. The van der Waals surface area contributed by atoms with Gasteiger partial charge >= 0.3 is 0 Å². The largest absolute Gasteiger partial charge is 0.495 e. The fraction of sp³-hybridized carbons (Fsp3) is 0.467. The summed E-state index contributed by atoms with van der Waals surface area (Å²) in [5.41, 5.74) is 1.38. The van der Waals surface area contributed by atoms with Gasteiger partial charge < -0.3 is 10.1 Å². The Morgan fingerprint density at radius 1 is 1.33 bits per heavy atom. The molecule has 0 fully saturated rings. The highest BCUT2D eigenvalue weighted by Crippen LogP contribution is 2.36. The molecule has 2 nitrogen and oxygen atoms in total. The van der Waals surface area contributed by atoms with Gasteiger partial charge in [-0.1, -0.05) is 26.0 Å². The van der Waals surface area contributed by atoms with Crippen LogP contribution >= 0.6 is 11.3 Å². The summed E-state index contributed by atoms with van der Waals surface area (Å²) in [6, 6.07) is 6.27. The Kier molecular flexibility index (Phi) is 4.25. The van der Waals surface area contributed by atoms with Crippen LogP contribution in [0.2, 0.25) is 0 Å². The number of ether oxygens (including phenoxy) is 1. The maximum Gasteiger partial charge on any atom is 0.136 e. The quantitative estimate of drug-likeness (QED) is 0.881. The summed E-state index contributed by atoms with van der Waals surface area (Å²) in [5.74, 6) is 1.67. The molecule has 0 saturated heterocycles. The molecule has 0 spiro atoms. The molecule has 0 unspecified atom stereocenters. The molecular formula is C15H21NOS. The molecule has 0 aliphatic heterocycles. The smallest absolute Gasteiger partial charge is 0.136 e. The number of hydrogen-bond donors (Lipinski definition) is 1. The van der Waals surface area contributed by atoms with Crippen LogP contribution in [0.25, 0.3) is 10.1 Å². The van der Waals surface area contributed by atoms with Crippen molar-refractivity contribution in [2.24, 2.45) is 5.92 Å². The van der Waals surface area contributed by atoms with E-state index in [9.17, 15) is 0 Å². The fourth-order valence-electron chi connectivity index (χ4n) is 2.07. The summed E-state index contributed by atoms with van der Waals surface area (Å²) in [4.78, 5) is 1.41. The standard InChI is InChI=1S/C15H21NOS/c1-10(2)8-16-9-14-11(3)12-6-5-7-13(17-4)15(12)18-14/h5-7,10,16H,8-9H2,1-4H3. The van der Waals surface area contributed by atoms with Crippen LogP contribution in [0.5, 0.6) is 5.75 Å². The highest BCUT2D eigenvalue weighted by molar-refractivity contribution is 7.19. The summed E-state index contributed by atoms with van der Waals surface area (Å²) in [5, 5.41) is 4.83. The molecule has 0 aliphatic carbocycles. The van der Waals surface area contributed by atoms with Crippen molar-refractivity contribution in [2.75, 3.05) is 13.7 Å². The molecule has 2 rings (SSSR count). The lowest BCUT2D eigenvalue weighted by molar-refractivity contribution is 0.420. The van der Waals surface area contributed by atoms with Crippen LogP contribution < -0.4 is 10.1 Å². The van der Waals surface area contributed by atoms with E-state index in [0.29, 0.717) is 5.92 Å². The zero-order chi connectivity index (χ0) is 13.1. The van der Waals surface area contributed by atoms with Crippen molar-refractivity contribution in [2.45, 2.75) is 27.3 Å². The Morgan fingerprint density at radius 3 is 2.78 bits per heavy atom. The molecule has 0 atom stereocenters. The molecule has 3 heteroatoms. The van der Waals surface area contributed by atoms with E-state index in [2.05, 4.69) is 38.2 Å². The van der Waals surface area contributed by atoms with Crippen LogP contribution in [0.4, 0.5) is 0 Å². The molecule has 0 radical (unpaired) electrons. The zero-order valence-corrected chi connectivity index (χ0v) is 12.4. The molecule has 2 aromatic rings. The SMILES string of the molecule is COc1cccc2c(C)c(CNCC(C)C)sc12. The third kappa shape index (κ3) is 2.68. The average Bonchev–Trinajstić information content (AvgIpc) is 2.66. The normalized spacial score (nSPS) is 11.4. The Labute approximate surface area is 113 Å². The minimum atomic E-state index is 0.689. The van der Waals surface area contributed by atoms with Crippen molar-refractivity contribution < 1.29 is 4.74 Å². The molecule has 0 amide bonds. The summed E-state index contributed by atoms with van der Waals surface area (Å²) < 4.78 is 6.69. The monoisotopic (exact) mass is 263 g/mol. The van der Waals surface area contributed by atoms with Gasteiger partial charge in [0.25, 0.3) is 0 Å². The van der Waals surface area contributed by atoms with E-state index >= 15 is 0 Å². The molecule has 1 heterocycles. The second-order valence-electron chi connectivity index (χ2n) is 5.01. The minimum Gasteiger partial charge on any atom is -0.495 e. The van der Waals surface area contributed by atoms with Gasteiger partial charge in [0.1, 0.15) is 5.75 Å². The number of methoxy groups -OCH3 is 1. The lowest BCUT2D eigenvalue weighted by Gasteiger charge is -2.06. The summed E-state index contributed by atoms with van der Waals surface area (Å²) in [6.45, 7) is 8.67. The number of fused-ring (bicyclic) bond motifs is 1. The zero-order valence-electron chi connectivity index (χ0n) is 11.5. The number of thiophene rings is 1. The minimum absolute atomic E-state index is 0.689. The van der Waals surface area contributed by atoms with E-state index in [4.69, 9.17) is 4.74 Å². The van der Waals surface area contributed by atoms with Gasteiger partial charge in [0.05, 0.1) is 11.8 Å². The van der Waals surface area contributed by atoms with Crippen LogP contribution in [0.1, 0.15) is 24.3 Å². The van der Waals surface area contributed by atoms with Gasteiger partial charge in [-0.3, -0.25) is 0 Å². The number of hydrogen-bond acceptors (Lipinski definition) is 3. The Balaban J connectivity index is 2.26. The number of aryl methyl sites for hydroxylation is 1. The Morgan fingerprint density at radius 2 is 2.11 bits per heavy atom. The van der Waals surface area contributed by atoms with Gasteiger partial charge in [-0.15, -0.1) is 11.3 Å². The van der Waals surface area contributed by atoms with Crippen LogP contribution in [-0.2, 0) is 6.54 Å². The predicted octanol–water partition coefficient (Wildman–Crippen LogP) is 3.96. The lowest BCUT2D eigenvalue weighted by Crippen LogP contribution is -2.18. The van der Waals surface area contributed by atoms with E-state index < -0.39 is 0 Å². The van der Waals surface area contributed by atoms with Crippen molar-refractivity contribution in [3.8, 4) is 5.75 Å². The summed E-state index contributed by atoms with van der Waals surface area (Å²) >= 11 is 1.84. The number of nitrogens with one attached hydrogen (secondary N) is 1. The van der Waals surface area contributed by atoms with E-state index in [1.54, 1.807) is 7.11 Å². The maximum atomic E-state index is 5.43. The fourth-order valence-corrected chi connectivity index (χ4v) is 3.34. The van der Waals surface area contributed by atoms with Gasteiger partial charge in [-0.2, -0.15) is 0 Å². The van der Waals surface area contributed by atoms with E-state index in [-0.39, 0.29) is 0 Å². The molecule has 98 valence electrons. The summed E-state index contributed by atoms with van der Waals surface area (Å²) in [6.07, 6.45) is 0. The second kappa shape index (κ2) is 5.72. The molecule has 1 aromatic heterocycles. The maximum absolute atomic E-state index is 5.43. The van der Waals surface area contributed by atoms with Gasteiger partial charge in [0.2, 0.25) is 0 Å². The third-order valence-corrected chi connectivity index (χ3v) is 4.41. The Bertz CT molecular complexity index is 531. The molecule has 0 aliphatic rings. The third-order valence-electron chi connectivity index (χ3n) is 3.08. The van der Waals surface area contributed by atoms with E-state index in [1.807, 2.05) is 17.4 Å². The lowest BCUT2D eigenvalue weighted by atomic mass is 10.1. The molecule has 0 saturated carbocycles. The molecular weight excluding hydrogens is 242 g/mol. The van der Waals surface area contributed by atoms with Crippen molar-refractivity contribution in [1.29, 1.82) is 0 Å². The van der Waals surface area contributed by atoms with E-state index in [1.165, 1.54) is 20.5 Å².